The van der Waals surface area contributed by atoms with Gasteiger partial charge in [0.2, 0.25) is 0 Å². The lowest BCUT2D eigenvalue weighted by Crippen LogP contribution is -1.98. The first-order valence-corrected chi connectivity index (χ1v) is 9.70. The van der Waals surface area contributed by atoms with Crippen molar-refractivity contribution < 1.29 is 9.47 Å². The zero-order valence-electron chi connectivity index (χ0n) is 12.9. The van der Waals surface area contributed by atoms with Crippen LogP contribution < -0.4 is 9.47 Å². The Balaban J connectivity index is 2.01. The molecular weight excluding hydrogens is 399 g/mol. The van der Waals surface area contributed by atoms with Crippen LogP contribution in [0.1, 0.15) is 51.4 Å². The molecule has 0 unspecified atom stereocenters. The molecule has 0 atom stereocenters. The van der Waals surface area contributed by atoms with Gasteiger partial charge in [-0.25, -0.2) is 0 Å². The number of hydrogen-bond acceptors (Lipinski definition) is 2. The average Bonchev–Trinajstić information content (AvgIpc) is 2.50. The van der Waals surface area contributed by atoms with Gasteiger partial charge < -0.3 is 9.47 Å². The standard InChI is InChI=1S/C17H26ClIO2/c1-20-15-10-11-17(16(18)14-15)21-13-9-7-5-3-2-4-6-8-12-19/h10-11,14H,2-9,12-13H2,1H3. The van der Waals surface area contributed by atoms with Gasteiger partial charge in [0.05, 0.1) is 18.7 Å². The van der Waals surface area contributed by atoms with Crippen molar-refractivity contribution in [1.82, 2.24) is 0 Å². The fourth-order valence-electron chi connectivity index (χ4n) is 2.16. The molecule has 120 valence electrons. The lowest BCUT2D eigenvalue weighted by Gasteiger charge is -2.09. The van der Waals surface area contributed by atoms with E-state index in [1.807, 2.05) is 12.1 Å². The van der Waals surface area contributed by atoms with E-state index in [1.54, 1.807) is 13.2 Å². The van der Waals surface area contributed by atoms with Crippen molar-refractivity contribution in [3.63, 3.8) is 0 Å². The van der Waals surface area contributed by atoms with E-state index in [9.17, 15) is 0 Å². The maximum Gasteiger partial charge on any atom is 0.138 e. The fourth-order valence-corrected chi connectivity index (χ4v) is 2.93. The second kappa shape index (κ2) is 12.4. The quantitative estimate of drug-likeness (QED) is 0.223. The molecule has 0 saturated carbocycles. The minimum Gasteiger partial charge on any atom is -0.497 e. The monoisotopic (exact) mass is 424 g/mol. The van der Waals surface area contributed by atoms with Gasteiger partial charge in [-0.2, -0.15) is 0 Å². The van der Waals surface area contributed by atoms with E-state index in [2.05, 4.69) is 22.6 Å². The molecule has 21 heavy (non-hydrogen) atoms. The second-order valence-electron chi connectivity index (χ2n) is 5.16. The van der Waals surface area contributed by atoms with E-state index in [-0.39, 0.29) is 0 Å². The molecule has 0 fully saturated rings. The number of rotatable bonds is 12. The molecule has 0 N–H and O–H groups in total. The first kappa shape index (κ1) is 18.9. The van der Waals surface area contributed by atoms with E-state index >= 15 is 0 Å². The first-order valence-electron chi connectivity index (χ1n) is 7.80. The number of hydrogen-bond donors (Lipinski definition) is 0. The van der Waals surface area contributed by atoms with Crippen molar-refractivity contribution in [1.29, 1.82) is 0 Å². The number of unbranched alkanes of at least 4 members (excludes halogenated alkanes) is 7. The van der Waals surface area contributed by atoms with Crippen LogP contribution in [0.2, 0.25) is 5.02 Å². The third kappa shape index (κ3) is 8.77. The van der Waals surface area contributed by atoms with Crippen LogP contribution in [0, 0.1) is 0 Å². The van der Waals surface area contributed by atoms with Crippen molar-refractivity contribution >= 4 is 34.2 Å². The van der Waals surface area contributed by atoms with Gasteiger partial charge in [0.25, 0.3) is 0 Å². The SMILES string of the molecule is COc1ccc(OCCCCCCCCCCI)c(Cl)c1. The van der Waals surface area contributed by atoms with E-state index in [0.29, 0.717) is 5.02 Å². The summed E-state index contributed by atoms with van der Waals surface area (Å²) in [5, 5.41) is 0.615. The molecule has 4 heteroatoms. The van der Waals surface area contributed by atoms with Gasteiger partial charge >= 0.3 is 0 Å². The highest BCUT2D eigenvalue weighted by Gasteiger charge is 2.03. The van der Waals surface area contributed by atoms with Crippen LogP contribution in [-0.2, 0) is 0 Å². The molecule has 0 aliphatic rings. The maximum atomic E-state index is 6.13. The van der Waals surface area contributed by atoms with Crippen LogP contribution in [0.15, 0.2) is 18.2 Å². The molecule has 0 aliphatic carbocycles. The van der Waals surface area contributed by atoms with E-state index in [4.69, 9.17) is 21.1 Å². The number of benzene rings is 1. The summed E-state index contributed by atoms with van der Waals surface area (Å²) < 4.78 is 12.1. The van der Waals surface area contributed by atoms with E-state index in [0.717, 1.165) is 24.5 Å². The molecule has 0 radical (unpaired) electrons. The van der Waals surface area contributed by atoms with Crippen molar-refractivity contribution in [2.24, 2.45) is 0 Å². The Kier molecular flexibility index (Phi) is 11.1. The number of alkyl halides is 1. The van der Waals surface area contributed by atoms with Gasteiger partial charge in [-0.05, 0) is 29.4 Å². The van der Waals surface area contributed by atoms with Gasteiger partial charge in [-0.15, -0.1) is 0 Å². The van der Waals surface area contributed by atoms with Crippen LogP contribution in [0.25, 0.3) is 0 Å². The highest BCUT2D eigenvalue weighted by molar-refractivity contribution is 14.1. The predicted octanol–water partition coefficient (Wildman–Crippen LogP) is 6.28. The van der Waals surface area contributed by atoms with Crippen LogP contribution in [0.5, 0.6) is 11.5 Å². The van der Waals surface area contributed by atoms with Crippen molar-refractivity contribution in [3.05, 3.63) is 23.2 Å². The summed E-state index contributed by atoms with van der Waals surface area (Å²) >= 11 is 8.58. The summed E-state index contributed by atoms with van der Waals surface area (Å²) in [6, 6.07) is 5.53. The Morgan fingerprint density at radius 2 is 1.57 bits per heavy atom. The molecule has 2 nitrogen and oxygen atoms in total. The van der Waals surface area contributed by atoms with Crippen LogP contribution >= 0.6 is 34.2 Å². The van der Waals surface area contributed by atoms with Crippen molar-refractivity contribution in [3.8, 4) is 11.5 Å². The molecule has 0 heterocycles. The van der Waals surface area contributed by atoms with E-state index in [1.165, 1.54) is 49.4 Å². The highest BCUT2D eigenvalue weighted by Crippen LogP contribution is 2.28. The summed E-state index contributed by atoms with van der Waals surface area (Å²) in [4.78, 5) is 0. The number of halogens is 2. The third-order valence-electron chi connectivity index (χ3n) is 3.42. The Bertz CT molecular complexity index is 385. The highest BCUT2D eigenvalue weighted by atomic mass is 127. The lowest BCUT2D eigenvalue weighted by molar-refractivity contribution is 0.304. The van der Waals surface area contributed by atoms with Crippen LogP contribution in [-0.4, -0.2) is 18.1 Å². The molecule has 0 amide bonds. The summed E-state index contributed by atoms with van der Waals surface area (Å²) in [6.07, 6.45) is 10.5. The minimum atomic E-state index is 0.615. The summed E-state index contributed by atoms with van der Waals surface area (Å²) in [7, 11) is 1.63. The van der Waals surface area contributed by atoms with Gasteiger partial charge in [0.15, 0.2) is 0 Å². The molecule has 0 spiro atoms. The minimum absolute atomic E-state index is 0.615. The lowest BCUT2D eigenvalue weighted by atomic mass is 10.1. The van der Waals surface area contributed by atoms with Gasteiger partial charge in [0, 0.05) is 6.07 Å². The van der Waals surface area contributed by atoms with Crippen LogP contribution in [0.3, 0.4) is 0 Å². The Hall–Kier alpha value is -0.160. The Labute approximate surface area is 147 Å². The Morgan fingerprint density at radius 3 is 2.14 bits per heavy atom. The smallest absolute Gasteiger partial charge is 0.138 e. The normalized spacial score (nSPS) is 10.6. The predicted molar refractivity (Wildman–Crippen MR) is 99.3 cm³/mol. The third-order valence-corrected chi connectivity index (χ3v) is 4.48. The zero-order chi connectivity index (χ0) is 15.3. The summed E-state index contributed by atoms with van der Waals surface area (Å²) in [5.74, 6) is 1.51. The van der Waals surface area contributed by atoms with Gasteiger partial charge in [-0.3, -0.25) is 0 Å². The second-order valence-corrected chi connectivity index (χ2v) is 6.65. The summed E-state index contributed by atoms with van der Waals surface area (Å²) in [5.41, 5.74) is 0. The van der Waals surface area contributed by atoms with E-state index < -0.39 is 0 Å². The topological polar surface area (TPSA) is 18.5 Å². The molecule has 1 rings (SSSR count). The molecule has 0 saturated heterocycles. The molecule has 0 aliphatic heterocycles. The molecule has 1 aromatic rings. The Morgan fingerprint density at radius 1 is 0.952 bits per heavy atom. The summed E-state index contributed by atoms with van der Waals surface area (Å²) in [6.45, 7) is 0.737. The largest absolute Gasteiger partial charge is 0.497 e. The molecule has 0 aromatic heterocycles. The molecule has 0 bridgehead atoms. The zero-order valence-corrected chi connectivity index (χ0v) is 15.8. The maximum absolute atomic E-state index is 6.13. The van der Waals surface area contributed by atoms with Crippen LogP contribution in [0.4, 0.5) is 0 Å². The molecule has 1 aromatic carbocycles. The number of methoxy groups -OCH3 is 1. The van der Waals surface area contributed by atoms with Crippen molar-refractivity contribution in [2.45, 2.75) is 51.4 Å². The fraction of sp³-hybridized carbons (Fsp3) is 0.647. The number of ether oxygens (including phenoxy) is 2. The van der Waals surface area contributed by atoms with Gasteiger partial charge in [-0.1, -0.05) is 72.7 Å². The average molecular weight is 425 g/mol. The van der Waals surface area contributed by atoms with Crippen molar-refractivity contribution in [2.75, 3.05) is 18.1 Å². The first-order chi connectivity index (χ1) is 10.3. The molecular formula is C17H26ClIO2. The van der Waals surface area contributed by atoms with Gasteiger partial charge in [0.1, 0.15) is 11.5 Å².